The highest BCUT2D eigenvalue weighted by molar-refractivity contribution is 6.30. The van der Waals surface area contributed by atoms with Gasteiger partial charge in [-0.05, 0) is 24.6 Å². The topological polar surface area (TPSA) is 47.3 Å². The van der Waals surface area contributed by atoms with E-state index >= 15 is 0 Å². The van der Waals surface area contributed by atoms with Gasteiger partial charge in [-0.1, -0.05) is 24.6 Å². The monoisotopic (exact) mass is 266 g/mol. The summed E-state index contributed by atoms with van der Waals surface area (Å²) in [4.78, 5) is 0. The standard InChI is InChI=1S/C13H15ClN2O2/c1-3-12-11(8-17)13(18-2)16(15-12)10-6-4-5-9(14)7-10/h4-7,17H,3,8H2,1-2H3. The van der Waals surface area contributed by atoms with Gasteiger partial charge in [-0.25, -0.2) is 4.68 Å². The quantitative estimate of drug-likeness (QED) is 0.925. The maximum absolute atomic E-state index is 9.42. The van der Waals surface area contributed by atoms with Crippen molar-refractivity contribution < 1.29 is 9.84 Å². The smallest absolute Gasteiger partial charge is 0.222 e. The summed E-state index contributed by atoms with van der Waals surface area (Å²) in [6.45, 7) is 1.90. The van der Waals surface area contributed by atoms with E-state index in [1.165, 1.54) is 0 Å². The number of aliphatic hydroxyl groups is 1. The number of aromatic nitrogens is 2. The summed E-state index contributed by atoms with van der Waals surface area (Å²) in [7, 11) is 1.57. The zero-order chi connectivity index (χ0) is 13.1. The number of aryl methyl sites for hydroxylation is 1. The minimum atomic E-state index is -0.0904. The molecule has 18 heavy (non-hydrogen) atoms. The third-order valence-electron chi connectivity index (χ3n) is 2.76. The van der Waals surface area contributed by atoms with Gasteiger partial charge in [0.1, 0.15) is 0 Å². The largest absolute Gasteiger partial charge is 0.481 e. The number of rotatable bonds is 4. The molecule has 4 nitrogen and oxygen atoms in total. The van der Waals surface area contributed by atoms with Crippen LogP contribution in [-0.4, -0.2) is 22.0 Å². The Morgan fingerprint density at radius 1 is 1.44 bits per heavy atom. The molecular weight excluding hydrogens is 252 g/mol. The zero-order valence-electron chi connectivity index (χ0n) is 10.4. The van der Waals surface area contributed by atoms with Crippen molar-refractivity contribution in [3.05, 3.63) is 40.5 Å². The molecule has 0 bridgehead atoms. The maximum atomic E-state index is 9.42. The van der Waals surface area contributed by atoms with Gasteiger partial charge in [-0.2, -0.15) is 5.10 Å². The average molecular weight is 267 g/mol. The number of nitrogens with zero attached hydrogens (tertiary/aromatic N) is 2. The van der Waals surface area contributed by atoms with Crippen molar-refractivity contribution in [2.75, 3.05) is 7.11 Å². The van der Waals surface area contributed by atoms with Crippen molar-refractivity contribution >= 4 is 11.6 Å². The van der Waals surface area contributed by atoms with E-state index in [1.807, 2.05) is 19.1 Å². The number of aliphatic hydroxyl groups excluding tert-OH is 1. The molecule has 0 atom stereocenters. The normalized spacial score (nSPS) is 10.7. The molecule has 5 heteroatoms. The van der Waals surface area contributed by atoms with Gasteiger partial charge < -0.3 is 9.84 Å². The first-order valence-electron chi connectivity index (χ1n) is 5.72. The van der Waals surface area contributed by atoms with Crippen molar-refractivity contribution in [2.45, 2.75) is 20.0 Å². The predicted molar refractivity (Wildman–Crippen MR) is 70.4 cm³/mol. The Morgan fingerprint density at radius 2 is 2.22 bits per heavy atom. The van der Waals surface area contributed by atoms with E-state index in [1.54, 1.807) is 23.9 Å². The Morgan fingerprint density at radius 3 is 2.78 bits per heavy atom. The van der Waals surface area contributed by atoms with Crippen LogP contribution in [0.5, 0.6) is 5.88 Å². The fraction of sp³-hybridized carbons (Fsp3) is 0.308. The lowest BCUT2D eigenvalue weighted by Gasteiger charge is -2.07. The summed E-state index contributed by atoms with van der Waals surface area (Å²) in [6.07, 6.45) is 0.736. The van der Waals surface area contributed by atoms with Crippen LogP contribution in [0, 0.1) is 0 Å². The molecule has 0 saturated heterocycles. The molecule has 2 aromatic rings. The summed E-state index contributed by atoms with van der Waals surface area (Å²) >= 11 is 5.97. The molecule has 1 N–H and O–H groups in total. The van der Waals surface area contributed by atoms with E-state index in [-0.39, 0.29) is 6.61 Å². The first-order valence-corrected chi connectivity index (χ1v) is 6.10. The fourth-order valence-corrected chi connectivity index (χ4v) is 2.10. The van der Waals surface area contributed by atoms with Gasteiger partial charge in [0.15, 0.2) is 0 Å². The second-order valence-electron chi connectivity index (χ2n) is 3.84. The third-order valence-corrected chi connectivity index (χ3v) is 2.99. The third kappa shape index (κ3) is 2.21. The minimum absolute atomic E-state index is 0.0904. The van der Waals surface area contributed by atoms with Gasteiger partial charge in [-0.15, -0.1) is 0 Å². The molecule has 0 unspecified atom stereocenters. The molecule has 0 spiro atoms. The summed E-state index contributed by atoms with van der Waals surface area (Å²) < 4.78 is 7.00. The van der Waals surface area contributed by atoms with Gasteiger partial charge in [0.05, 0.1) is 30.7 Å². The van der Waals surface area contributed by atoms with Gasteiger partial charge in [0.25, 0.3) is 0 Å². The average Bonchev–Trinajstić information content (AvgIpc) is 2.76. The molecule has 0 amide bonds. The molecule has 0 fully saturated rings. The van der Waals surface area contributed by atoms with Crippen LogP contribution in [0.4, 0.5) is 0 Å². The van der Waals surface area contributed by atoms with Crippen LogP contribution in [0.3, 0.4) is 0 Å². The van der Waals surface area contributed by atoms with E-state index in [0.29, 0.717) is 10.9 Å². The van der Waals surface area contributed by atoms with E-state index in [0.717, 1.165) is 23.4 Å². The molecule has 1 aromatic heterocycles. The highest BCUT2D eigenvalue weighted by Crippen LogP contribution is 2.27. The number of halogens is 1. The van der Waals surface area contributed by atoms with E-state index in [9.17, 15) is 5.11 Å². The van der Waals surface area contributed by atoms with Crippen LogP contribution in [0.1, 0.15) is 18.2 Å². The highest BCUT2D eigenvalue weighted by atomic mass is 35.5. The molecule has 0 aliphatic heterocycles. The number of hydrogen-bond acceptors (Lipinski definition) is 3. The molecule has 0 saturated carbocycles. The molecule has 1 heterocycles. The van der Waals surface area contributed by atoms with Crippen LogP contribution in [0.15, 0.2) is 24.3 Å². The lowest BCUT2D eigenvalue weighted by Crippen LogP contribution is -2.00. The second-order valence-corrected chi connectivity index (χ2v) is 4.27. The number of ether oxygens (including phenoxy) is 1. The molecular formula is C13H15ClN2O2. The summed E-state index contributed by atoms with van der Waals surface area (Å²) in [6, 6.07) is 7.34. The first-order chi connectivity index (χ1) is 8.71. The Kier molecular flexibility index (Phi) is 3.89. The molecule has 2 rings (SSSR count). The highest BCUT2D eigenvalue weighted by Gasteiger charge is 2.17. The van der Waals surface area contributed by atoms with Crippen LogP contribution >= 0.6 is 11.6 Å². The SMILES string of the molecule is CCc1nn(-c2cccc(Cl)c2)c(OC)c1CO. The maximum Gasteiger partial charge on any atom is 0.222 e. The Bertz CT molecular complexity index is 552. The molecule has 96 valence electrons. The second kappa shape index (κ2) is 5.42. The van der Waals surface area contributed by atoms with Crippen molar-refractivity contribution in [2.24, 2.45) is 0 Å². The molecule has 0 aliphatic carbocycles. The number of benzene rings is 1. The van der Waals surface area contributed by atoms with Gasteiger partial charge in [-0.3, -0.25) is 0 Å². The van der Waals surface area contributed by atoms with Gasteiger partial charge in [0, 0.05) is 5.02 Å². The Labute approximate surface area is 111 Å². The van der Waals surface area contributed by atoms with Crippen molar-refractivity contribution in [1.29, 1.82) is 0 Å². The summed E-state index contributed by atoms with van der Waals surface area (Å²) in [5, 5.41) is 14.5. The van der Waals surface area contributed by atoms with Crippen LogP contribution in [0.25, 0.3) is 5.69 Å². The lowest BCUT2D eigenvalue weighted by molar-refractivity contribution is 0.271. The fourth-order valence-electron chi connectivity index (χ4n) is 1.91. The zero-order valence-corrected chi connectivity index (χ0v) is 11.1. The van der Waals surface area contributed by atoms with E-state index in [2.05, 4.69) is 5.10 Å². The van der Waals surface area contributed by atoms with Crippen molar-refractivity contribution in [3.63, 3.8) is 0 Å². The Hall–Kier alpha value is -1.52. The van der Waals surface area contributed by atoms with Crippen LogP contribution in [-0.2, 0) is 13.0 Å². The first kappa shape index (κ1) is 12.9. The minimum Gasteiger partial charge on any atom is -0.481 e. The van der Waals surface area contributed by atoms with Crippen molar-refractivity contribution in [1.82, 2.24) is 9.78 Å². The van der Waals surface area contributed by atoms with Gasteiger partial charge in [0.2, 0.25) is 5.88 Å². The number of methoxy groups -OCH3 is 1. The number of hydrogen-bond donors (Lipinski definition) is 1. The predicted octanol–water partition coefficient (Wildman–Crippen LogP) is 2.59. The van der Waals surface area contributed by atoms with Crippen molar-refractivity contribution in [3.8, 4) is 11.6 Å². The van der Waals surface area contributed by atoms with Gasteiger partial charge >= 0.3 is 0 Å². The van der Waals surface area contributed by atoms with E-state index in [4.69, 9.17) is 16.3 Å². The van der Waals surface area contributed by atoms with Crippen LogP contribution < -0.4 is 4.74 Å². The molecule has 1 aromatic carbocycles. The molecule has 0 aliphatic rings. The lowest BCUT2D eigenvalue weighted by atomic mass is 10.2. The summed E-state index contributed by atoms with van der Waals surface area (Å²) in [5.41, 5.74) is 2.36. The summed E-state index contributed by atoms with van der Waals surface area (Å²) in [5.74, 6) is 0.552. The van der Waals surface area contributed by atoms with Crippen LogP contribution in [0.2, 0.25) is 5.02 Å². The Balaban J connectivity index is 2.60. The van der Waals surface area contributed by atoms with E-state index < -0.39 is 0 Å². The molecule has 0 radical (unpaired) electrons.